The number of rotatable bonds is 6. The number of nitrogens with two attached hydrogens (primary N) is 1. The number of nitrogens with one attached hydrogen (secondary N) is 1. The van der Waals surface area contributed by atoms with Crippen LogP contribution in [0.5, 0.6) is 0 Å². The molecule has 1 saturated carbocycles. The highest BCUT2D eigenvalue weighted by atomic mass is 15.1. The van der Waals surface area contributed by atoms with Crippen LogP contribution in [0.15, 0.2) is 30.5 Å². The van der Waals surface area contributed by atoms with Crippen molar-refractivity contribution in [3.63, 3.8) is 0 Å². The Morgan fingerprint density at radius 3 is 2.70 bits per heavy atom. The molecule has 0 bridgehead atoms. The van der Waals surface area contributed by atoms with E-state index in [4.69, 9.17) is 5.73 Å². The van der Waals surface area contributed by atoms with Crippen LogP contribution >= 0.6 is 0 Å². The van der Waals surface area contributed by atoms with Gasteiger partial charge in [0.2, 0.25) is 0 Å². The fourth-order valence-electron chi connectivity index (χ4n) is 2.61. The first-order valence-corrected chi connectivity index (χ1v) is 7.29. The Kier molecular flexibility index (Phi) is 3.85. The summed E-state index contributed by atoms with van der Waals surface area (Å²) in [5.41, 5.74) is 10.6. The van der Waals surface area contributed by atoms with Crippen LogP contribution in [0.3, 0.4) is 0 Å². The monoisotopic (exact) mass is 270 g/mol. The van der Waals surface area contributed by atoms with Gasteiger partial charge >= 0.3 is 0 Å². The zero-order chi connectivity index (χ0) is 13.9. The number of H-pyrrole nitrogens is 1. The molecule has 0 unspecified atom stereocenters. The zero-order valence-electron chi connectivity index (χ0n) is 12.0. The average Bonchev–Trinajstić information content (AvgIpc) is 3.20. The first kappa shape index (κ1) is 13.3. The molecule has 0 radical (unpaired) electrons. The minimum absolute atomic E-state index is 0.680. The second kappa shape index (κ2) is 5.77. The molecule has 1 aromatic carbocycles. The van der Waals surface area contributed by atoms with E-state index >= 15 is 0 Å². The third-order valence-corrected chi connectivity index (χ3v) is 3.92. The maximum Gasteiger partial charge on any atom is 0.0695 e. The molecule has 3 N–H and O–H groups in total. The number of benzene rings is 1. The van der Waals surface area contributed by atoms with E-state index in [9.17, 15) is 0 Å². The Hall–Kier alpha value is -1.65. The van der Waals surface area contributed by atoms with Crippen molar-refractivity contribution in [3.8, 4) is 11.3 Å². The van der Waals surface area contributed by atoms with Crippen molar-refractivity contribution in [2.24, 2.45) is 5.73 Å². The summed E-state index contributed by atoms with van der Waals surface area (Å²) in [6.07, 6.45) is 4.61. The largest absolute Gasteiger partial charge is 0.329 e. The molecule has 4 heteroatoms. The summed E-state index contributed by atoms with van der Waals surface area (Å²) < 4.78 is 0. The normalized spacial score (nSPS) is 14.9. The van der Waals surface area contributed by atoms with Gasteiger partial charge in [0.25, 0.3) is 0 Å². The van der Waals surface area contributed by atoms with Crippen LogP contribution in [0, 0.1) is 0 Å². The van der Waals surface area contributed by atoms with E-state index in [2.05, 4.69) is 46.4 Å². The summed E-state index contributed by atoms with van der Waals surface area (Å²) in [5, 5.41) is 7.32. The molecule has 1 heterocycles. The number of hydrogen-bond acceptors (Lipinski definition) is 3. The van der Waals surface area contributed by atoms with Gasteiger partial charge in [-0.05, 0) is 36.9 Å². The van der Waals surface area contributed by atoms with Gasteiger partial charge in [0.1, 0.15) is 0 Å². The van der Waals surface area contributed by atoms with Crippen LogP contribution in [-0.2, 0) is 6.54 Å². The highest BCUT2D eigenvalue weighted by Crippen LogP contribution is 2.40. The SMILES string of the molecule is CN(CCN)Cc1cn[nH]c1-c1ccc(C2CC2)cc1. The number of aromatic amines is 1. The molecule has 20 heavy (non-hydrogen) atoms. The molecule has 1 aromatic heterocycles. The molecule has 0 atom stereocenters. The van der Waals surface area contributed by atoms with Crippen molar-refractivity contribution in [1.82, 2.24) is 15.1 Å². The van der Waals surface area contributed by atoms with Crippen molar-refractivity contribution < 1.29 is 0 Å². The van der Waals surface area contributed by atoms with E-state index in [1.54, 1.807) is 0 Å². The van der Waals surface area contributed by atoms with Crippen molar-refractivity contribution in [1.29, 1.82) is 0 Å². The van der Waals surface area contributed by atoms with E-state index in [-0.39, 0.29) is 0 Å². The van der Waals surface area contributed by atoms with Crippen LogP contribution in [0.2, 0.25) is 0 Å². The fraction of sp³-hybridized carbons (Fsp3) is 0.438. The minimum Gasteiger partial charge on any atom is -0.329 e. The summed E-state index contributed by atoms with van der Waals surface area (Å²) in [6.45, 7) is 2.44. The standard InChI is InChI=1S/C16H22N4/c1-20(9-8-17)11-15-10-18-19-16(15)14-6-4-13(5-7-14)12-2-3-12/h4-7,10,12H,2-3,8-9,11,17H2,1H3,(H,18,19). The molecule has 1 aliphatic rings. The van der Waals surface area contributed by atoms with Crippen LogP contribution in [0.4, 0.5) is 0 Å². The number of hydrogen-bond donors (Lipinski definition) is 2. The Bertz CT molecular complexity index is 554. The highest BCUT2D eigenvalue weighted by Gasteiger charge is 2.23. The zero-order valence-corrected chi connectivity index (χ0v) is 12.0. The highest BCUT2D eigenvalue weighted by molar-refractivity contribution is 5.63. The van der Waals surface area contributed by atoms with Gasteiger partial charge in [-0.3, -0.25) is 5.10 Å². The molecule has 0 saturated heterocycles. The lowest BCUT2D eigenvalue weighted by atomic mass is 10.0. The summed E-state index contributed by atoms with van der Waals surface area (Å²) in [4.78, 5) is 2.22. The second-order valence-electron chi connectivity index (χ2n) is 5.69. The van der Waals surface area contributed by atoms with E-state index in [0.29, 0.717) is 6.54 Å². The molecule has 1 aliphatic carbocycles. The summed E-state index contributed by atoms with van der Waals surface area (Å²) in [5.74, 6) is 0.806. The predicted octanol–water partition coefficient (Wildman–Crippen LogP) is 2.34. The first-order valence-electron chi connectivity index (χ1n) is 7.29. The molecule has 2 aromatic rings. The topological polar surface area (TPSA) is 57.9 Å². The lowest BCUT2D eigenvalue weighted by Crippen LogP contribution is -2.25. The van der Waals surface area contributed by atoms with E-state index in [1.165, 1.54) is 29.5 Å². The van der Waals surface area contributed by atoms with Gasteiger partial charge in [0.05, 0.1) is 11.9 Å². The van der Waals surface area contributed by atoms with Crippen LogP contribution < -0.4 is 5.73 Å². The van der Waals surface area contributed by atoms with Crippen molar-refractivity contribution in [3.05, 3.63) is 41.6 Å². The molecule has 0 spiro atoms. The van der Waals surface area contributed by atoms with E-state index in [0.717, 1.165) is 24.7 Å². The number of aromatic nitrogens is 2. The smallest absolute Gasteiger partial charge is 0.0695 e. The van der Waals surface area contributed by atoms with Gasteiger partial charge in [0.15, 0.2) is 0 Å². The number of likely N-dealkylation sites (N-methyl/N-ethyl adjacent to an activating group) is 1. The average molecular weight is 270 g/mol. The van der Waals surface area contributed by atoms with Gasteiger partial charge in [-0.15, -0.1) is 0 Å². The van der Waals surface area contributed by atoms with Crippen molar-refractivity contribution >= 4 is 0 Å². The Morgan fingerprint density at radius 2 is 2.05 bits per heavy atom. The summed E-state index contributed by atoms with van der Waals surface area (Å²) >= 11 is 0. The van der Waals surface area contributed by atoms with Crippen molar-refractivity contribution in [2.75, 3.05) is 20.1 Å². The quantitative estimate of drug-likeness (QED) is 0.847. The number of nitrogens with zero attached hydrogens (tertiary/aromatic N) is 2. The molecule has 4 nitrogen and oxygen atoms in total. The predicted molar refractivity (Wildman–Crippen MR) is 81.4 cm³/mol. The molecular weight excluding hydrogens is 248 g/mol. The van der Waals surface area contributed by atoms with E-state index < -0.39 is 0 Å². The summed E-state index contributed by atoms with van der Waals surface area (Å²) in [6, 6.07) is 8.91. The van der Waals surface area contributed by atoms with Gasteiger partial charge in [-0.25, -0.2) is 0 Å². The minimum atomic E-state index is 0.680. The Morgan fingerprint density at radius 1 is 1.30 bits per heavy atom. The fourth-order valence-corrected chi connectivity index (χ4v) is 2.61. The maximum atomic E-state index is 5.59. The van der Waals surface area contributed by atoms with E-state index in [1.807, 2.05) is 6.20 Å². The molecule has 0 amide bonds. The maximum absolute atomic E-state index is 5.59. The van der Waals surface area contributed by atoms with Gasteiger partial charge in [-0.1, -0.05) is 24.3 Å². The molecule has 3 rings (SSSR count). The third kappa shape index (κ3) is 2.92. The lowest BCUT2D eigenvalue weighted by Gasteiger charge is -2.15. The molecular formula is C16H22N4. The van der Waals surface area contributed by atoms with Gasteiger partial charge in [0, 0.05) is 25.2 Å². The Balaban J connectivity index is 1.77. The first-order chi connectivity index (χ1) is 9.78. The Labute approximate surface area is 120 Å². The van der Waals surface area contributed by atoms with Crippen LogP contribution in [-0.4, -0.2) is 35.2 Å². The summed E-state index contributed by atoms with van der Waals surface area (Å²) in [7, 11) is 2.08. The second-order valence-corrected chi connectivity index (χ2v) is 5.69. The molecule has 1 fully saturated rings. The van der Waals surface area contributed by atoms with Gasteiger partial charge < -0.3 is 10.6 Å². The molecule has 106 valence electrons. The van der Waals surface area contributed by atoms with Crippen LogP contribution in [0.25, 0.3) is 11.3 Å². The third-order valence-electron chi connectivity index (χ3n) is 3.92. The van der Waals surface area contributed by atoms with Crippen molar-refractivity contribution in [2.45, 2.75) is 25.3 Å². The molecule has 0 aliphatic heterocycles. The lowest BCUT2D eigenvalue weighted by molar-refractivity contribution is 0.337. The van der Waals surface area contributed by atoms with Gasteiger partial charge in [-0.2, -0.15) is 5.10 Å². The van der Waals surface area contributed by atoms with Crippen LogP contribution in [0.1, 0.15) is 29.9 Å².